The van der Waals surface area contributed by atoms with Crippen LogP contribution in [0, 0.1) is 17.5 Å². The van der Waals surface area contributed by atoms with E-state index in [2.05, 4.69) is 10.3 Å². The molecule has 0 radical (unpaired) electrons. The smallest absolute Gasteiger partial charge is 0.255 e. The zero-order valence-electron chi connectivity index (χ0n) is 12.7. The molecule has 3 rings (SSSR count). The van der Waals surface area contributed by atoms with Crippen molar-refractivity contribution in [1.29, 1.82) is 0 Å². The fourth-order valence-electron chi connectivity index (χ4n) is 1.98. The van der Waals surface area contributed by atoms with Gasteiger partial charge in [-0.05, 0) is 42.5 Å². The number of nitrogens with one attached hydrogen (secondary N) is 1. The molecular formula is C18H11F3N2O2. The van der Waals surface area contributed by atoms with Crippen LogP contribution in [-0.2, 0) is 0 Å². The van der Waals surface area contributed by atoms with Crippen molar-refractivity contribution >= 4 is 11.6 Å². The number of amides is 1. The summed E-state index contributed by atoms with van der Waals surface area (Å²) in [5.74, 6) is -2.62. The van der Waals surface area contributed by atoms with E-state index in [0.717, 1.165) is 12.1 Å². The lowest BCUT2D eigenvalue weighted by Crippen LogP contribution is -2.11. The summed E-state index contributed by atoms with van der Waals surface area (Å²) < 4.78 is 44.1. The van der Waals surface area contributed by atoms with Gasteiger partial charge in [0.05, 0.1) is 11.9 Å². The number of nitrogens with zero attached hydrogens (tertiary/aromatic N) is 1. The molecule has 2 aromatic carbocycles. The number of anilines is 1. The molecule has 0 aliphatic rings. The number of hydrogen-bond donors (Lipinski definition) is 1. The van der Waals surface area contributed by atoms with Gasteiger partial charge in [0.2, 0.25) is 5.88 Å². The highest BCUT2D eigenvalue weighted by molar-refractivity contribution is 6.04. The molecular weight excluding hydrogens is 333 g/mol. The lowest BCUT2D eigenvalue weighted by atomic mass is 10.2. The largest absolute Gasteiger partial charge is 0.439 e. The van der Waals surface area contributed by atoms with Crippen molar-refractivity contribution < 1.29 is 22.7 Å². The molecule has 0 fully saturated rings. The van der Waals surface area contributed by atoms with Crippen LogP contribution >= 0.6 is 0 Å². The summed E-state index contributed by atoms with van der Waals surface area (Å²) in [7, 11) is 0. The Bertz CT molecular complexity index is 897. The Hall–Kier alpha value is -3.35. The van der Waals surface area contributed by atoms with Gasteiger partial charge in [-0.15, -0.1) is 0 Å². The number of rotatable bonds is 4. The van der Waals surface area contributed by atoms with Crippen LogP contribution in [0.4, 0.5) is 18.9 Å². The zero-order valence-corrected chi connectivity index (χ0v) is 12.7. The molecule has 1 amide bonds. The van der Waals surface area contributed by atoms with Crippen molar-refractivity contribution in [3.05, 3.63) is 83.8 Å². The first-order valence-corrected chi connectivity index (χ1v) is 7.17. The number of ether oxygens (including phenoxy) is 1. The van der Waals surface area contributed by atoms with Crippen molar-refractivity contribution in [2.45, 2.75) is 0 Å². The summed E-state index contributed by atoms with van der Waals surface area (Å²) in [6.45, 7) is 0. The second kappa shape index (κ2) is 7.04. The van der Waals surface area contributed by atoms with E-state index in [1.165, 1.54) is 48.7 Å². The molecule has 0 unspecified atom stereocenters. The van der Waals surface area contributed by atoms with Gasteiger partial charge in [-0.3, -0.25) is 4.79 Å². The van der Waals surface area contributed by atoms with Gasteiger partial charge in [0.15, 0.2) is 11.6 Å². The Morgan fingerprint density at radius 3 is 2.32 bits per heavy atom. The van der Waals surface area contributed by atoms with Crippen LogP contribution in [0.1, 0.15) is 10.4 Å². The molecule has 0 aliphatic carbocycles. The molecule has 7 heteroatoms. The summed E-state index contributed by atoms with van der Waals surface area (Å²) in [5.41, 5.74) is 0.690. The third-order valence-electron chi connectivity index (χ3n) is 3.21. The van der Waals surface area contributed by atoms with Crippen molar-refractivity contribution in [2.24, 2.45) is 0 Å². The van der Waals surface area contributed by atoms with Gasteiger partial charge in [-0.25, -0.2) is 18.2 Å². The van der Waals surface area contributed by atoms with Crippen LogP contribution in [0.25, 0.3) is 0 Å². The van der Waals surface area contributed by atoms with Gasteiger partial charge in [0.1, 0.15) is 11.6 Å². The lowest BCUT2D eigenvalue weighted by Gasteiger charge is -2.07. The molecule has 0 spiro atoms. The minimum atomic E-state index is -1.03. The highest BCUT2D eigenvalue weighted by Gasteiger charge is 2.08. The highest BCUT2D eigenvalue weighted by Crippen LogP contribution is 2.22. The molecule has 4 nitrogen and oxygen atoms in total. The maximum absolute atomic E-state index is 13.1. The summed E-state index contributed by atoms with van der Waals surface area (Å²) >= 11 is 0. The van der Waals surface area contributed by atoms with Crippen LogP contribution in [0.15, 0.2) is 60.8 Å². The normalized spacial score (nSPS) is 10.4. The highest BCUT2D eigenvalue weighted by atomic mass is 19.2. The summed E-state index contributed by atoms with van der Waals surface area (Å²) in [5, 5.41) is 2.60. The number of hydrogen-bond acceptors (Lipinski definition) is 3. The van der Waals surface area contributed by atoms with Crippen molar-refractivity contribution in [3.63, 3.8) is 0 Å². The van der Waals surface area contributed by atoms with Gasteiger partial charge in [-0.2, -0.15) is 0 Å². The Labute approximate surface area is 140 Å². The van der Waals surface area contributed by atoms with Crippen molar-refractivity contribution in [1.82, 2.24) is 4.98 Å². The fourth-order valence-corrected chi connectivity index (χ4v) is 1.98. The van der Waals surface area contributed by atoms with E-state index in [4.69, 9.17) is 4.74 Å². The van der Waals surface area contributed by atoms with Crippen LogP contribution in [0.2, 0.25) is 0 Å². The lowest BCUT2D eigenvalue weighted by molar-refractivity contribution is 0.102. The zero-order chi connectivity index (χ0) is 17.8. The molecule has 3 aromatic rings. The number of pyridine rings is 1. The van der Waals surface area contributed by atoms with Crippen LogP contribution in [0.3, 0.4) is 0 Å². The third-order valence-corrected chi connectivity index (χ3v) is 3.21. The van der Waals surface area contributed by atoms with E-state index in [0.29, 0.717) is 11.3 Å². The van der Waals surface area contributed by atoms with E-state index < -0.39 is 23.4 Å². The topological polar surface area (TPSA) is 51.2 Å². The minimum Gasteiger partial charge on any atom is -0.439 e. The standard InChI is InChI=1S/C18H11F3N2O2/c19-12-3-1-11(2-4-12)18(24)23-13-5-8-17(22-10-13)25-14-6-7-15(20)16(21)9-14/h1-10H,(H,23,24). The van der Waals surface area contributed by atoms with Gasteiger partial charge >= 0.3 is 0 Å². The Morgan fingerprint density at radius 2 is 1.68 bits per heavy atom. The number of carbonyl (C=O) groups is 1. The molecule has 25 heavy (non-hydrogen) atoms. The predicted octanol–water partition coefficient (Wildman–Crippen LogP) is 4.54. The Balaban J connectivity index is 1.66. The third kappa shape index (κ3) is 4.14. The first-order chi connectivity index (χ1) is 12.0. The van der Waals surface area contributed by atoms with Gasteiger partial charge in [0.25, 0.3) is 5.91 Å². The molecule has 0 saturated carbocycles. The molecule has 0 aliphatic heterocycles. The first-order valence-electron chi connectivity index (χ1n) is 7.17. The average Bonchev–Trinajstić information content (AvgIpc) is 2.60. The monoisotopic (exact) mass is 344 g/mol. The first kappa shape index (κ1) is 16.5. The van der Waals surface area contributed by atoms with Gasteiger partial charge in [-0.1, -0.05) is 0 Å². The number of benzene rings is 2. The maximum atomic E-state index is 13.1. The van der Waals surface area contributed by atoms with E-state index in [1.54, 1.807) is 0 Å². The molecule has 1 heterocycles. The van der Waals surface area contributed by atoms with Gasteiger partial charge in [0, 0.05) is 17.7 Å². The van der Waals surface area contributed by atoms with E-state index in [9.17, 15) is 18.0 Å². The molecule has 0 atom stereocenters. The molecule has 1 aromatic heterocycles. The molecule has 0 bridgehead atoms. The molecule has 1 N–H and O–H groups in total. The molecule has 0 saturated heterocycles. The van der Waals surface area contributed by atoms with Crippen LogP contribution in [-0.4, -0.2) is 10.9 Å². The van der Waals surface area contributed by atoms with E-state index in [1.807, 2.05) is 0 Å². The maximum Gasteiger partial charge on any atom is 0.255 e. The SMILES string of the molecule is O=C(Nc1ccc(Oc2ccc(F)c(F)c2)nc1)c1ccc(F)cc1. The Morgan fingerprint density at radius 1 is 0.920 bits per heavy atom. The van der Waals surface area contributed by atoms with Crippen molar-refractivity contribution in [3.8, 4) is 11.6 Å². The summed E-state index contributed by atoms with van der Waals surface area (Å²) in [6.07, 6.45) is 1.34. The molecule has 126 valence electrons. The van der Waals surface area contributed by atoms with E-state index >= 15 is 0 Å². The quantitative estimate of drug-likeness (QED) is 0.756. The number of halogens is 3. The average molecular weight is 344 g/mol. The summed E-state index contributed by atoms with van der Waals surface area (Å²) in [6, 6.07) is 11.2. The predicted molar refractivity (Wildman–Crippen MR) is 85.0 cm³/mol. The number of carbonyl (C=O) groups excluding carboxylic acids is 1. The van der Waals surface area contributed by atoms with E-state index in [-0.39, 0.29) is 11.6 Å². The van der Waals surface area contributed by atoms with Crippen molar-refractivity contribution in [2.75, 3.05) is 5.32 Å². The van der Waals surface area contributed by atoms with Gasteiger partial charge < -0.3 is 10.1 Å². The summed E-state index contributed by atoms with van der Waals surface area (Å²) in [4.78, 5) is 16.0. The van der Waals surface area contributed by atoms with Crippen LogP contribution in [0.5, 0.6) is 11.6 Å². The Kier molecular flexibility index (Phi) is 4.65. The fraction of sp³-hybridized carbons (Fsp3) is 0. The minimum absolute atomic E-state index is 0.0921. The second-order valence-electron chi connectivity index (χ2n) is 5.02. The van der Waals surface area contributed by atoms with Crippen LogP contribution < -0.4 is 10.1 Å². The second-order valence-corrected chi connectivity index (χ2v) is 5.02. The number of aromatic nitrogens is 1.